The van der Waals surface area contributed by atoms with Crippen molar-refractivity contribution < 1.29 is 0 Å². The third-order valence-corrected chi connectivity index (χ3v) is 3.47. The molecule has 1 heterocycles. The van der Waals surface area contributed by atoms with Crippen LogP contribution < -0.4 is 0 Å². The number of aliphatic imine (C=N–C) groups is 1. The zero-order valence-electron chi connectivity index (χ0n) is 9.31. The summed E-state index contributed by atoms with van der Waals surface area (Å²) < 4.78 is 0. The van der Waals surface area contributed by atoms with Crippen LogP contribution in [0.15, 0.2) is 53.5 Å². The molecular weight excluding hydrogens is 230 g/mol. The number of rotatable bonds is 1. The molecule has 84 valence electrons. The number of fused-ring (bicyclic) bond motifs is 1. The summed E-state index contributed by atoms with van der Waals surface area (Å²) >= 11 is 6.21. The van der Waals surface area contributed by atoms with Gasteiger partial charge in [-0.25, -0.2) is 0 Å². The van der Waals surface area contributed by atoms with Crippen molar-refractivity contribution in [2.24, 2.45) is 4.99 Å². The molecule has 17 heavy (non-hydrogen) atoms. The highest BCUT2D eigenvalue weighted by Crippen LogP contribution is 2.31. The van der Waals surface area contributed by atoms with Crippen LogP contribution in [0.5, 0.6) is 0 Å². The molecule has 0 saturated carbocycles. The first-order valence-corrected chi connectivity index (χ1v) is 6.08. The Labute approximate surface area is 106 Å². The number of hydrogen-bond donors (Lipinski definition) is 0. The monoisotopic (exact) mass is 241 g/mol. The van der Waals surface area contributed by atoms with Gasteiger partial charge in [0, 0.05) is 11.2 Å². The maximum absolute atomic E-state index is 6.21. The molecule has 3 rings (SSSR count). The molecule has 1 atom stereocenters. The van der Waals surface area contributed by atoms with Gasteiger partial charge in [-0.3, -0.25) is 4.99 Å². The van der Waals surface area contributed by atoms with Crippen molar-refractivity contribution in [3.63, 3.8) is 0 Å². The number of halogens is 1. The molecule has 0 spiro atoms. The lowest BCUT2D eigenvalue weighted by Crippen LogP contribution is -2.08. The molecule has 0 radical (unpaired) electrons. The fourth-order valence-electron chi connectivity index (χ4n) is 2.21. The van der Waals surface area contributed by atoms with Gasteiger partial charge in [0.2, 0.25) is 0 Å². The summed E-state index contributed by atoms with van der Waals surface area (Å²) in [5, 5.41) is 0.800. The van der Waals surface area contributed by atoms with E-state index in [1.807, 2.05) is 30.5 Å². The molecule has 0 amide bonds. The van der Waals surface area contributed by atoms with Crippen molar-refractivity contribution in [2.45, 2.75) is 12.5 Å². The molecule has 0 aromatic heterocycles. The summed E-state index contributed by atoms with van der Waals surface area (Å²) in [5.74, 6) is 0. The van der Waals surface area contributed by atoms with Crippen LogP contribution in [-0.2, 0) is 6.42 Å². The SMILES string of the molecule is Clc1ccccc1C1Cc2ccccc2C=N1. The van der Waals surface area contributed by atoms with Crippen LogP contribution in [0.3, 0.4) is 0 Å². The molecule has 0 aliphatic carbocycles. The smallest absolute Gasteiger partial charge is 0.0804 e. The highest BCUT2D eigenvalue weighted by molar-refractivity contribution is 6.31. The molecule has 0 fully saturated rings. The second-order valence-electron chi connectivity index (χ2n) is 4.22. The van der Waals surface area contributed by atoms with E-state index >= 15 is 0 Å². The maximum Gasteiger partial charge on any atom is 0.0804 e. The van der Waals surface area contributed by atoms with Gasteiger partial charge in [-0.05, 0) is 29.2 Å². The average molecular weight is 242 g/mol. The lowest BCUT2D eigenvalue weighted by atomic mass is 9.94. The molecule has 1 aliphatic rings. The summed E-state index contributed by atoms with van der Waals surface area (Å²) in [7, 11) is 0. The lowest BCUT2D eigenvalue weighted by Gasteiger charge is -2.19. The first kappa shape index (κ1) is 10.5. The first-order valence-electron chi connectivity index (χ1n) is 5.70. The molecule has 2 aromatic rings. The van der Waals surface area contributed by atoms with Crippen LogP contribution in [0.25, 0.3) is 0 Å². The quantitative estimate of drug-likeness (QED) is 0.714. The standard InChI is InChI=1S/C15H12ClN/c16-14-8-4-3-7-13(14)15-9-11-5-1-2-6-12(11)10-17-15/h1-8,10,15H,9H2. The molecule has 0 saturated heterocycles. The topological polar surface area (TPSA) is 12.4 Å². The van der Waals surface area contributed by atoms with Gasteiger partial charge >= 0.3 is 0 Å². The van der Waals surface area contributed by atoms with Gasteiger partial charge in [-0.1, -0.05) is 54.1 Å². The minimum Gasteiger partial charge on any atom is -0.284 e. The van der Waals surface area contributed by atoms with E-state index in [2.05, 4.69) is 29.3 Å². The van der Waals surface area contributed by atoms with Gasteiger partial charge < -0.3 is 0 Å². The molecule has 1 aliphatic heterocycles. The van der Waals surface area contributed by atoms with Crippen molar-refractivity contribution in [1.82, 2.24) is 0 Å². The summed E-state index contributed by atoms with van der Waals surface area (Å²) in [6.45, 7) is 0. The Hall–Kier alpha value is -1.60. The van der Waals surface area contributed by atoms with Crippen LogP contribution in [0.4, 0.5) is 0 Å². The fraction of sp³-hybridized carbons (Fsp3) is 0.133. The zero-order valence-corrected chi connectivity index (χ0v) is 10.1. The van der Waals surface area contributed by atoms with Crippen LogP contribution >= 0.6 is 11.6 Å². The van der Waals surface area contributed by atoms with E-state index in [1.54, 1.807) is 0 Å². The van der Waals surface area contributed by atoms with E-state index in [0.29, 0.717) is 0 Å². The lowest BCUT2D eigenvalue weighted by molar-refractivity contribution is 0.717. The molecule has 0 N–H and O–H groups in total. The molecule has 1 nitrogen and oxygen atoms in total. The highest BCUT2D eigenvalue weighted by Gasteiger charge is 2.18. The van der Waals surface area contributed by atoms with E-state index in [0.717, 1.165) is 17.0 Å². The highest BCUT2D eigenvalue weighted by atomic mass is 35.5. The van der Waals surface area contributed by atoms with Crippen molar-refractivity contribution >= 4 is 17.8 Å². The fourth-order valence-corrected chi connectivity index (χ4v) is 2.47. The van der Waals surface area contributed by atoms with Gasteiger partial charge in [0.15, 0.2) is 0 Å². The summed E-state index contributed by atoms with van der Waals surface area (Å²) in [4.78, 5) is 4.59. The van der Waals surface area contributed by atoms with E-state index in [-0.39, 0.29) is 6.04 Å². The Morgan fingerprint density at radius 1 is 1.00 bits per heavy atom. The predicted molar refractivity (Wildman–Crippen MR) is 71.9 cm³/mol. The second kappa shape index (κ2) is 4.34. The Balaban J connectivity index is 1.98. The number of benzene rings is 2. The summed E-state index contributed by atoms with van der Waals surface area (Å²) in [6, 6.07) is 16.5. The molecular formula is C15H12ClN. The zero-order chi connectivity index (χ0) is 11.7. The van der Waals surface area contributed by atoms with Crippen LogP contribution in [0.1, 0.15) is 22.7 Å². The average Bonchev–Trinajstić information content (AvgIpc) is 2.39. The molecule has 2 aromatic carbocycles. The van der Waals surface area contributed by atoms with Crippen LogP contribution in [0, 0.1) is 0 Å². The largest absolute Gasteiger partial charge is 0.284 e. The minimum atomic E-state index is 0.151. The van der Waals surface area contributed by atoms with E-state index in [4.69, 9.17) is 11.6 Å². The molecule has 0 bridgehead atoms. The Kier molecular flexibility index (Phi) is 2.69. The van der Waals surface area contributed by atoms with Crippen molar-refractivity contribution in [3.05, 3.63) is 70.2 Å². The Bertz CT molecular complexity index is 575. The van der Waals surface area contributed by atoms with Crippen LogP contribution in [0.2, 0.25) is 5.02 Å². The van der Waals surface area contributed by atoms with Gasteiger partial charge in [-0.15, -0.1) is 0 Å². The third-order valence-electron chi connectivity index (χ3n) is 3.13. The summed E-state index contributed by atoms with van der Waals surface area (Å²) in [5.41, 5.74) is 3.67. The van der Waals surface area contributed by atoms with Crippen molar-refractivity contribution in [1.29, 1.82) is 0 Å². The third kappa shape index (κ3) is 1.98. The Morgan fingerprint density at radius 2 is 1.76 bits per heavy atom. The second-order valence-corrected chi connectivity index (χ2v) is 4.63. The normalized spacial score (nSPS) is 17.8. The van der Waals surface area contributed by atoms with Gasteiger partial charge in [0.25, 0.3) is 0 Å². The first-order chi connectivity index (χ1) is 8.34. The molecule has 1 unspecified atom stereocenters. The Morgan fingerprint density at radius 3 is 2.65 bits per heavy atom. The van der Waals surface area contributed by atoms with Gasteiger partial charge in [0.1, 0.15) is 0 Å². The van der Waals surface area contributed by atoms with Gasteiger partial charge in [0.05, 0.1) is 6.04 Å². The van der Waals surface area contributed by atoms with Crippen molar-refractivity contribution in [3.8, 4) is 0 Å². The van der Waals surface area contributed by atoms with E-state index in [1.165, 1.54) is 11.1 Å². The van der Waals surface area contributed by atoms with Gasteiger partial charge in [-0.2, -0.15) is 0 Å². The van der Waals surface area contributed by atoms with Crippen molar-refractivity contribution in [2.75, 3.05) is 0 Å². The van der Waals surface area contributed by atoms with E-state index < -0.39 is 0 Å². The van der Waals surface area contributed by atoms with Crippen LogP contribution in [-0.4, -0.2) is 6.21 Å². The number of hydrogen-bond acceptors (Lipinski definition) is 1. The maximum atomic E-state index is 6.21. The summed E-state index contributed by atoms with van der Waals surface area (Å²) in [6.07, 6.45) is 2.88. The van der Waals surface area contributed by atoms with E-state index in [9.17, 15) is 0 Å². The number of nitrogens with zero attached hydrogens (tertiary/aromatic N) is 1. The molecule has 2 heteroatoms. The minimum absolute atomic E-state index is 0.151. The predicted octanol–water partition coefficient (Wildman–Crippen LogP) is 4.06.